The van der Waals surface area contributed by atoms with Gasteiger partial charge in [0.25, 0.3) is 0 Å². The van der Waals surface area contributed by atoms with E-state index in [9.17, 15) is 4.79 Å². The molecular weight excluding hydrogens is 250 g/mol. The Morgan fingerprint density at radius 3 is 2.65 bits per heavy atom. The lowest BCUT2D eigenvalue weighted by molar-refractivity contribution is -0.121. The number of hydrogen-bond acceptors (Lipinski definition) is 3. The molecular formula is C16H25N3O. The molecule has 4 nitrogen and oxygen atoms in total. The van der Waals surface area contributed by atoms with Crippen LogP contribution in [0.2, 0.25) is 0 Å². The minimum absolute atomic E-state index is 0.157. The van der Waals surface area contributed by atoms with Crippen molar-refractivity contribution in [3.63, 3.8) is 0 Å². The number of anilines is 1. The van der Waals surface area contributed by atoms with E-state index in [0.717, 1.165) is 31.6 Å². The van der Waals surface area contributed by atoms with Gasteiger partial charge >= 0.3 is 0 Å². The van der Waals surface area contributed by atoms with E-state index in [1.807, 2.05) is 12.1 Å². The van der Waals surface area contributed by atoms with Crippen LogP contribution in [0.1, 0.15) is 39.0 Å². The molecule has 1 saturated heterocycles. The maximum absolute atomic E-state index is 12.2. The van der Waals surface area contributed by atoms with Crippen molar-refractivity contribution in [2.75, 3.05) is 25.0 Å². The Labute approximate surface area is 121 Å². The number of aromatic nitrogens is 1. The van der Waals surface area contributed by atoms with Gasteiger partial charge in [-0.25, -0.2) is 0 Å². The van der Waals surface area contributed by atoms with E-state index in [2.05, 4.69) is 22.1 Å². The summed E-state index contributed by atoms with van der Waals surface area (Å²) >= 11 is 0. The van der Waals surface area contributed by atoms with Crippen LogP contribution >= 0.6 is 0 Å². The third-order valence-corrected chi connectivity index (χ3v) is 3.98. The van der Waals surface area contributed by atoms with Gasteiger partial charge in [-0.1, -0.05) is 19.8 Å². The van der Waals surface area contributed by atoms with E-state index >= 15 is 0 Å². The molecule has 0 unspecified atom stereocenters. The molecule has 0 aromatic carbocycles. The van der Waals surface area contributed by atoms with Crippen molar-refractivity contribution in [1.82, 2.24) is 9.88 Å². The van der Waals surface area contributed by atoms with Crippen molar-refractivity contribution < 1.29 is 4.79 Å². The van der Waals surface area contributed by atoms with Crippen LogP contribution in [-0.4, -0.2) is 35.4 Å². The molecule has 1 aliphatic heterocycles. The Kier molecular flexibility index (Phi) is 5.99. The molecule has 0 spiro atoms. The number of carbonyl (C=O) groups is 1. The SMILES string of the molecule is CCCCCN1CCC(C(=O)Nc2ccncc2)CC1. The van der Waals surface area contributed by atoms with Crippen LogP contribution in [0.4, 0.5) is 5.69 Å². The second-order valence-electron chi connectivity index (χ2n) is 5.55. The van der Waals surface area contributed by atoms with E-state index in [4.69, 9.17) is 0 Å². The van der Waals surface area contributed by atoms with Crippen molar-refractivity contribution in [3.05, 3.63) is 24.5 Å². The van der Waals surface area contributed by atoms with Gasteiger partial charge in [-0.05, 0) is 51.0 Å². The third kappa shape index (κ3) is 4.60. The maximum Gasteiger partial charge on any atom is 0.227 e. The number of hydrogen-bond donors (Lipinski definition) is 1. The molecule has 4 heteroatoms. The Bertz CT molecular complexity index is 399. The van der Waals surface area contributed by atoms with Gasteiger partial charge < -0.3 is 10.2 Å². The third-order valence-electron chi connectivity index (χ3n) is 3.98. The van der Waals surface area contributed by atoms with Crippen molar-refractivity contribution in [2.24, 2.45) is 5.92 Å². The number of likely N-dealkylation sites (tertiary alicyclic amines) is 1. The van der Waals surface area contributed by atoms with Crippen molar-refractivity contribution >= 4 is 11.6 Å². The van der Waals surface area contributed by atoms with Crippen molar-refractivity contribution in [2.45, 2.75) is 39.0 Å². The van der Waals surface area contributed by atoms with Crippen LogP contribution in [0, 0.1) is 5.92 Å². The molecule has 0 bridgehead atoms. The fourth-order valence-corrected chi connectivity index (χ4v) is 2.68. The van der Waals surface area contributed by atoms with Crippen LogP contribution in [0.5, 0.6) is 0 Å². The average molecular weight is 275 g/mol. The summed E-state index contributed by atoms with van der Waals surface area (Å²) in [6.45, 7) is 5.53. The van der Waals surface area contributed by atoms with Gasteiger partial charge in [-0.15, -0.1) is 0 Å². The molecule has 1 aliphatic rings. The molecule has 1 N–H and O–H groups in total. The molecule has 1 fully saturated rings. The topological polar surface area (TPSA) is 45.2 Å². The van der Waals surface area contributed by atoms with Gasteiger partial charge in [0.15, 0.2) is 0 Å². The molecule has 0 radical (unpaired) electrons. The van der Waals surface area contributed by atoms with Gasteiger partial charge in [0.1, 0.15) is 0 Å². The first kappa shape index (κ1) is 15.0. The Morgan fingerprint density at radius 2 is 2.00 bits per heavy atom. The number of unbranched alkanes of at least 4 members (excludes halogenated alkanes) is 2. The summed E-state index contributed by atoms with van der Waals surface area (Å²) in [7, 11) is 0. The molecule has 110 valence electrons. The largest absolute Gasteiger partial charge is 0.326 e. The standard InChI is InChI=1S/C16H25N3O/c1-2-3-4-11-19-12-7-14(8-13-19)16(20)18-15-5-9-17-10-6-15/h5-6,9-10,14H,2-4,7-8,11-13H2,1H3,(H,17,18,20). The fraction of sp³-hybridized carbons (Fsp3) is 0.625. The maximum atomic E-state index is 12.2. The lowest BCUT2D eigenvalue weighted by Gasteiger charge is -2.31. The van der Waals surface area contributed by atoms with Gasteiger partial charge in [0, 0.05) is 24.0 Å². The highest BCUT2D eigenvalue weighted by Gasteiger charge is 2.24. The molecule has 0 aliphatic carbocycles. The number of piperidine rings is 1. The molecule has 1 amide bonds. The molecule has 0 atom stereocenters. The van der Waals surface area contributed by atoms with Crippen LogP contribution in [-0.2, 0) is 4.79 Å². The summed E-state index contributed by atoms with van der Waals surface area (Å²) in [5.41, 5.74) is 0.843. The van der Waals surface area contributed by atoms with Crippen molar-refractivity contribution in [3.8, 4) is 0 Å². The highest BCUT2D eigenvalue weighted by molar-refractivity contribution is 5.92. The van der Waals surface area contributed by atoms with Crippen LogP contribution < -0.4 is 5.32 Å². The predicted octanol–water partition coefficient (Wildman–Crippen LogP) is 2.92. The van der Waals surface area contributed by atoms with Gasteiger partial charge in [0.05, 0.1) is 0 Å². The van der Waals surface area contributed by atoms with E-state index in [-0.39, 0.29) is 11.8 Å². The smallest absolute Gasteiger partial charge is 0.227 e. The monoisotopic (exact) mass is 275 g/mol. The summed E-state index contributed by atoms with van der Waals surface area (Å²) < 4.78 is 0. The second kappa shape index (κ2) is 8.00. The summed E-state index contributed by atoms with van der Waals surface area (Å²) in [5.74, 6) is 0.315. The molecule has 1 aromatic rings. The van der Waals surface area contributed by atoms with Gasteiger partial charge in [-0.3, -0.25) is 9.78 Å². The second-order valence-corrected chi connectivity index (χ2v) is 5.55. The normalized spacial score (nSPS) is 17.1. The number of rotatable bonds is 6. The van der Waals surface area contributed by atoms with E-state index < -0.39 is 0 Å². The van der Waals surface area contributed by atoms with Crippen molar-refractivity contribution in [1.29, 1.82) is 0 Å². The van der Waals surface area contributed by atoms with E-state index in [1.54, 1.807) is 12.4 Å². The highest BCUT2D eigenvalue weighted by Crippen LogP contribution is 2.19. The van der Waals surface area contributed by atoms with E-state index in [0.29, 0.717) is 0 Å². The zero-order chi connectivity index (χ0) is 14.2. The summed E-state index contributed by atoms with van der Waals surface area (Å²) in [5, 5.41) is 2.98. The molecule has 0 saturated carbocycles. The lowest BCUT2D eigenvalue weighted by atomic mass is 9.95. The highest BCUT2D eigenvalue weighted by atomic mass is 16.1. The molecule has 20 heavy (non-hydrogen) atoms. The molecule has 2 rings (SSSR count). The summed E-state index contributed by atoms with van der Waals surface area (Å²) in [6.07, 6.45) is 9.21. The number of pyridine rings is 1. The van der Waals surface area contributed by atoms with Crippen LogP contribution in [0.3, 0.4) is 0 Å². The average Bonchev–Trinajstić information content (AvgIpc) is 2.49. The predicted molar refractivity (Wildman–Crippen MR) is 81.6 cm³/mol. The minimum atomic E-state index is 0.157. The van der Waals surface area contributed by atoms with Crippen LogP contribution in [0.25, 0.3) is 0 Å². The molecule has 1 aromatic heterocycles. The quantitative estimate of drug-likeness (QED) is 0.812. The summed E-state index contributed by atoms with van der Waals surface area (Å²) in [4.78, 5) is 18.6. The van der Waals surface area contributed by atoms with Gasteiger partial charge in [-0.2, -0.15) is 0 Å². The fourth-order valence-electron chi connectivity index (χ4n) is 2.68. The number of amides is 1. The first-order chi connectivity index (χ1) is 9.79. The zero-order valence-corrected chi connectivity index (χ0v) is 12.3. The number of carbonyl (C=O) groups excluding carboxylic acids is 1. The number of nitrogens with one attached hydrogen (secondary N) is 1. The minimum Gasteiger partial charge on any atom is -0.326 e. The Balaban J connectivity index is 1.72. The first-order valence-electron chi connectivity index (χ1n) is 7.73. The van der Waals surface area contributed by atoms with Crippen LogP contribution in [0.15, 0.2) is 24.5 Å². The summed E-state index contributed by atoms with van der Waals surface area (Å²) in [6, 6.07) is 3.66. The Hall–Kier alpha value is -1.42. The van der Waals surface area contributed by atoms with Gasteiger partial charge in [0.2, 0.25) is 5.91 Å². The number of nitrogens with zero attached hydrogens (tertiary/aromatic N) is 2. The first-order valence-corrected chi connectivity index (χ1v) is 7.73. The zero-order valence-electron chi connectivity index (χ0n) is 12.3. The van der Waals surface area contributed by atoms with E-state index in [1.165, 1.54) is 25.8 Å². The lowest BCUT2D eigenvalue weighted by Crippen LogP contribution is -2.38. The molecule has 2 heterocycles. The Morgan fingerprint density at radius 1 is 1.30 bits per heavy atom.